The molecule has 3 nitrogen and oxygen atoms in total. The van der Waals surface area contributed by atoms with Crippen LogP contribution in [-0.4, -0.2) is 13.2 Å². The van der Waals surface area contributed by atoms with Gasteiger partial charge in [-0.1, -0.05) is 0 Å². The smallest absolute Gasteiger partial charge is 0.175 e. The number of benzene rings is 1. The highest BCUT2D eigenvalue weighted by Gasteiger charge is 2.16. The fraction of sp³-hybridized carbons (Fsp3) is 0.286. The molecule has 1 aliphatic rings. The molecule has 0 saturated heterocycles. The minimum atomic E-state index is 0.608. The van der Waals surface area contributed by atoms with Gasteiger partial charge in [-0.05, 0) is 55.6 Å². The maximum absolute atomic E-state index is 5.63. The molecule has 1 aromatic carbocycles. The molecule has 1 aliphatic heterocycles. The van der Waals surface area contributed by atoms with Crippen LogP contribution in [0.3, 0.4) is 0 Å². The van der Waals surface area contributed by atoms with Crippen LogP contribution in [0.15, 0.2) is 32.5 Å². The minimum absolute atomic E-state index is 0.608. The second kappa shape index (κ2) is 6.47. The van der Waals surface area contributed by atoms with Crippen LogP contribution >= 0.6 is 43.2 Å². The first-order valence-corrected chi connectivity index (χ1v) is 8.70. The Hall–Kier alpha value is -0.560. The summed E-state index contributed by atoms with van der Waals surface area (Å²) in [5.74, 6) is 1.63. The largest absolute Gasteiger partial charge is 0.486 e. The van der Waals surface area contributed by atoms with E-state index in [9.17, 15) is 0 Å². The van der Waals surface area contributed by atoms with Crippen molar-refractivity contribution in [1.82, 2.24) is 5.32 Å². The number of thiophene rings is 1. The summed E-state index contributed by atoms with van der Waals surface area (Å²) in [5.41, 5.74) is 1.18. The predicted molar refractivity (Wildman–Crippen MR) is 87.7 cm³/mol. The van der Waals surface area contributed by atoms with Crippen molar-refractivity contribution in [2.75, 3.05) is 13.2 Å². The van der Waals surface area contributed by atoms with Gasteiger partial charge in [-0.2, -0.15) is 0 Å². The molecule has 2 aromatic rings. The van der Waals surface area contributed by atoms with Crippen molar-refractivity contribution in [1.29, 1.82) is 0 Å². The van der Waals surface area contributed by atoms with Crippen molar-refractivity contribution in [3.05, 3.63) is 43.0 Å². The number of hydrogen-bond acceptors (Lipinski definition) is 4. The van der Waals surface area contributed by atoms with E-state index in [1.165, 1.54) is 10.4 Å². The summed E-state index contributed by atoms with van der Waals surface area (Å²) in [5, 5.41) is 5.53. The van der Waals surface area contributed by atoms with Crippen LogP contribution in [-0.2, 0) is 13.1 Å². The van der Waals surface area contributed by atoms with Gasteiger partial charge in [0, 0.05) is 27.8 Å². The van der Waals surface area contributed by atoms with Crippen LogP contribution in [0.4, 0.5) is 0 Å². The number of rotatable bonds is 4. The molecule has 0 amide bonds. The SMILES string of the molecule is Brc1csc(CNCc2cc(Br)c3c(c2)OCCO3)c1. The first-order chi connectivity index (χ1) is 9.72. The van der Waals surface area contributed by atoms with Crippen molar-refractivity contribution >= 4 is 43.2 Å². The second-order valence-electron chi connectivity index (χ2n) is 4.44. The molecule has 0 unspecified atom stereocenters. The Morgan fingerprint density at radius 3 is 2.75 bits per heavy atom. The van der Waals surface area contributed by atoms with E-state index in [-0.39, 0.29) is 0 Å². The van der Waals surface area contributed by atoms with Crippen LogP contribution in [0, 0.1) is 0 Å². The molecule has 0 atom stereocenters. The van der Waals surface area contributed by atoms with E-state index in [0.29, 0.717) is 13.2 Å². The lowest BCUT2D eigenvalue weighted by molar-refractivity contribution is 0.170. The number of halogens is 2. The Kier molecular flexibility index (Phi) is 4.65. The highest BCUT2D eigenvalue weighted by atomic mass is 79.9. The summed E-state index contributed by atoms with van der Waals surface area (Å²) >= 11 is 8.75. The Morgan fingerprint density at radius 2 is 1.95 bits per heavy atom. The molecule has 0 spiro atoms. The standard InChI is InChI=1S/C14H13Br2NO2S/c15-10-5-11(20-8-10)7-17-6-9-3-12(16)14-13(4-9)18-1-2-19-14/h3-5,8,17H,1-2,6-7H2. The van der Waals surface area contributed by atoms with Crippen LogP contribution in [0.25, 0.3) is 0 Å². The number of fused-ring (bicyclic) bond motifs is 1. The number of ether oxygens (including phenoxy) is 2. The lowest BCUT2D eigenvalue weighted by atomic mass is 10.2. The molecule has 0 bridgehead atoms. The number of nitrogens with one attached hydrogen (secondary N) is 1. The first-order valence-electron chi connectivity index (χ1n) is 6.24. The van der Waals surface area contributed by atoms with Crippen molar-refractivity contribution < 1.29 is 9.47 Å². The molecule has 106 valence electrons. The van der Waals surface area contributed by atoms with E-state index in [1.807, 2.05) is 6.07 Å². The van der Waals surface area contributed by atoms with Gasteiger partial charge in [0.15, 0.2) is 11.5 Å². The van der Waals surface area contributed by atoms with E-state index in [1.54, 1.807) is 11.3 Å². The Labute approximate surface area is 138 Å². The molecule has 1 N–H and O–H groups in total. The van der Waals surface area contributed by atoms with Gasteiger partial charge in [0.2, 0.25) is 0 Å². The Bertz CT molecular complexity index is 615. The maximum atomic E-state index is 5.63. The zero-order valence-corrected chi connectivity index (χ0v) is 14.6. The van der Waals surface area contributed by atoms with Crippen molar-refractivity contribution in [3.8, 4) is 11.5 Å². The van der Waals surface area contributed by atoms with Crippen molar-refractivity contribution in [3.63, 3.8) is 0 Å². The minimum Gasteiger partial charge on any atom is -0.486 e. The molecule has 3 rings (SSSR count). The van der Waals surface area contributed by atoms with Crippen LogP contribution in [0.2, 0.25) is 0 Å². The molecule has 6 heteroatoms. The van der Waals surface area contributed by atoms with Gasteiger partial charge in [-0.15, -0.1) is 11.3 Å². The number of hydrogen-bond donors (Lipinski definition) is 1. The van der Waals surface area contributed by atoms with Gasteiger partial charge >= 0.3 is 0 Å². The van der Waals surface area contributed by atoms with Crippen LogP contribution in [0.5, 0.6) is 11.5 Å². The average molecular weight is 419 g/mol. The van der Waals surface area contributed by atoms with E-state index in [0.717, 1.165) is 33.5 Å². The molecule has 1 aromatic heterocycles. The van der Waals surface area contributed by atoms with Gasteiger partial charge in [-0.25, -0.2) is 0 Å². The van der Waals surface area contributed by atoms with Crippen LogP contribution < -0.4 is 14.8 Å². The highest BCUT2D eigenvalue weighted by Crippen LogP contribution is 2.38. The third-order valence-electron chi connectivity index (χ3n) is 2.91. The van der Waals surface area contributed by atoms with Crippen molar-refractivity contribution in [2.24, 2.45) is 0 Å². The van der Waals surface area contributed by atoms with E-state index >= 15 is 0 Å². The normalized spacial score (nSPS) is 13.5. The molecule has 0 radical (unpaired) electrons. The van der Waals surface area contributed by atoms with Gasteiger partial charge in [0.1, 0.15) is 13.2 Å². The lowest BCUT2D eigenvalue weighted by Crippen LogP contribution is -2.17. The molecule has 0 saturated carbocycles. The van der Waals surface area contributed by atoms with Crippen LogP contribution in [0.1, 0.15) is 10.4 Å². The summed E-state index contributed by atoms with van der Waals surface area (Å²) < 4.78 is 13.3. The van der Waals surface area contributed by atoms with Gasteiger partial charge in [-0.3, -0.25) is 0 Å². The molecule has 20 heavy (non-hydrogen) atoms. The summed E-state index contributed by atoms with van der Waals surface area (Å²) in [6, 6.07) is 6.25. The second-order valence-corrected chi connectivity index (χ2v) is 7.20. The van der Waals surface area contributed by atoms with Crippen molar-refractivity contribution in [2.45, 2.75) is 13.1 Å². The monoisotopic (exact) mass is 417 g/mol. The predicted octanol–water partition coefficient (Wildman–Crippen LogP) is 4.33. The average Bonchev–Trinajstić information content (AvgIpc) is 2.85. The zero-order valence-electron chi connectivity index (χ0n) is 10.6. The molecular formula is C14H13Br2NO2S. The summed E-state index contributed by atoms with van der Waals surface area (Å²) in [4.78, 5) is 1.31. The molecule has 0 aliphatic carbocycles. The highest BCUT2D eigenvalue weighted by molar-refractivity contribution is 9.10. The summed E-state index contributed by atoms with van der Waals surface area (Å²) in [6.07, 6.45) is 0. The Balaban J connectivity index is 1.64. The summed E-state index contributed by atoms with van der Waals surface area (Å²) in [7, 11) is 0. The fourth-order valence-corrected chi connectivity index (χ4v) is 4.07. The quantitative estimate of drug-likeness (QED) is 0.801. The molecular weight excluding hydrogens is 406 g/mol. The topological polar surface area (TPSA) is 30.5 Å². The fourth-order valence-electron chi connectivity index (χ4n) is 2.04. The zero-order chi connectivity index (χ0) is 13.9. The van der Waals surface area contributed by atoms with Gasteiger partial charge in [0.25, 0.3) is 0 Å². The Morgan fingerprint density at radius 1 is 1.10 bits per heavy atom. The van der Waals surface area contributed by atoms with E-state index < -0.39 is 0 Å². The third-order valence-corrected chi connectivity index (χ3v) is 5.19. The van der Waals surface area contributed by atoms with Gasteiger partial charge < -0.3 is 14.8 Å². The summed E-state index contributed by atoms with van der Waals surface area (Å²) in [6.45, 7) is 2.88. The molecule has 0 fully saturated rings. The van der Waals surface area contributed by atoms with Gasteiger partial charge in [0.05, 0.1) is 4.47 Å². The lowest BCUT2D eigenvalue weighted by Gasteiger charge is -2.20. The maximum Gasteiger partial charge on any atom is 0.175 e. The van der Waals surface area contributed by atoms with E-state index in [4.69, 9.17) is 9.47 Å². The molecule has 2 heterocycles. The first kappa shape index (κ1) is 14.4. The van der Waals surface area contributed by atoms with E-state index in [2.05, 4.69) is 54.7 Å². The third kappa shape index (κ3) is 3.36.